The Labute approximate surface area is 131 Å². The maximum absolute atomic E-state index is 13.1. The standard InChI is InChI=1S/C16H24N4O2/c1-11(2)15-12(8-17-10-18-15)16(21)20-6-7-22-14-4-5-19(3)9-13(14)20/h8,10-11,13-14H,4-7,9H2,1-3H3/t13-,14+/m0/s1. The second kappa shape index (κ2) is 6.30. The Bertz CT molecular complexity index is 549. The number of fused-ring (bicyclic) bond motifs is 1. The van der Waals surface area contributed by atoms with Gasteiger partial charge in [0.05, 0.1) is 30.0 Å². The van der Waals surface area contributed by atoms with Crippen LogP contribution in [-0.4, -0.2) is 71.1 Å². The topological polar surface area (TPSA) is 58.6 Å². The summed E-state index contributed by atoms with van der Waals surface area (Å²) in [4.78, 5) is 25.7. The number of nitrogens with zero attached hydrogens (tertiary/aromatic N) is 4. The number of likely N-dealkylation sites (N-methyl/N-ethyl adjacent to an activating group) is 1. The van der Waals surface area contributed by atoms with Crippen molar-refractivity contribution >= 4 is 5.91 Å². The molecule has 0 aromatic carbocycles. The summed E-state index contributed by atoms with van der Waals surface area (Å²) in [7, 11) is 2.10. The van der Waals surface area contributed by atoms with E-state index in [1.807, 2.05) is 4.90 Å². The SMILES string of the molecule is CC(C)c1ncncc1C(=O)N1CCO[C@@H]2CCN(C)C[C@@H]21. The van der Waals surface area contributed by atoms with Crippen molar-refractivity contribution in [3.05, 3.63) is 23.8 Å². The van der Waals surface area contributed by atoms with Crippen molar-refractivity contribution in [3.8, 4) is 0 Å². The van der Waals surface area contributed by atoms with Crippen LogP contribution in [0.2, 0.25) is 0 Å². The molecular formula is C16H24N4O2. The number of likely N-dealkylation sites (tertiary alicyclic amines) is 1. The number of piperidine rings is 1. The van der Waals surface area contributed by atoms with Crippen molar-refractivity contribution in [1.29, 1.82) is 0 Å². The molecule has 1 aromatic rings. The van der Waals surface area contributed by atoms with E-state index < -0.39 is 0 Å². The van der Waals surface area contributed by atoms with Crippen LogP contribution in [-0.2, 0) is 4.74 Å². The second-order valence-electron chi connectivity index (χ2n) is 6.50. The van der Waals surface area contributed by atoms with Crippen molar-refractivity contribution in [2.45, 2.75) is 38.3 Å². The van der Waals surface area contributed by atoms with E-state index in [1.54, 1.807) is 6.20 Å². The van der Waals surface area contributed by atoms with Crippen LogP contribution in [0.25, 0.3) is 0 Å². The Morgan fingerprint density at radius 1 is 1.41 bits per heavy atom. The lowest BCUT2D eigenvalue weighted by molar-refractivity contribution is -0.0870. The third kappa shape index (κ3) is 2.85. The molecule has 3 heterocycles. The van der Waals surface area contributed by atoms with Crippen molar-refractivity contribution in [2.24, 2.45) is 0 Å². The molecule has 0 radical (unpaired) electrons. The minimum atomic E-state index is 0.0397. The van der Waals surface area contributed by atoms with Gasteiger partial charge < -0.3 is 14.5 Å². The van der Waals surface area contributed by atoms with E-state index in [1.165, 1.54) is 6.33 Å². The molecule has 2 fully saturated rings. The second-order valence-corrected chi connectivity index (χ2v) is 6.50. The quantitative estimate of drug-likeness (QED) is 0.820. The number of ether oxygens (including phenoxy) is 1. The van der Waals surface area contributed by atoms with E-state index in [-0.39, 0.29) is 24.0 Å². The minimum absolute atomic E-state index is 0.0397. The van der Waals surface area contributed by atoms with Crippen LogP contribution < -0.4 is 0 Å². The normalized spacial score (nSPS) is 26.1. The molecule has 22 heavy (non-hydrogen) atoms. The molecule has 0 saturated carbocycles. The molecule has 2 saturated heterocycles. The first-order valence-electron chi connectivity index (χ1n) is 7.99. The van der Waals surface area contributed by atoms with E-state index in [4.69, 9.17) is 4.74 Å². The number of carbonyl (C=O) groups is 1. The Kier molecular flexibility index (Phi) is 4.40. The van der Waals surface area contributed by atoms with Gasteiger partial charge in [0.2, 0.25) is 0 Å². The maximum atomic E-state index is 13.1. The largest absolute Gasteiger partial charge is 0.374 e. The lowest BCUT2D eigenvalue weighted by Crippen LogP contribution is -2.60. The van der Waals surface area contributed by atoms with Gasteiger partial charge in [-0.05, 0) is 19.4 Å². The van der Waals surface area contributed by atoms with Gasteiger partial charge in [-0.1, -0.05) is 13.8 Å². The van der Waals surface area contributed by atoms with Gasteiger partial charge in [-0.15, -0.1) is 0 Å². The molecule has 3 rings (SSSR count). The third-order valence-electron chi connectivity index (χ3n) is 4.57. The Hall–Kier alpha value is -1.53. The fourth-order valence-electron chi connectivity index (χ4n) is 3.40. The average Bonchev–Trinajstić information content (AvgIpc) is 2.53. The van der Waals surface area contributed by atoms with E-state index in [0.717, 1.165) is 25.2 Å². The molecule has 120 valence electrons. The van der Waals surface area contributed by atoms with E-state index >= 15 is 0 Å². The molecule has 1 aromatic heterocycles. The zero-order valence-corrected chi connectivity index (χ0v) is 13.5. The summed E-state index contributed by atoms with van der Waals surface area (Å²) in [6.07, 6.45) is 4.30. The number of carbonyl (C=O) groups excluding carboxylic acids is 1. The van der Waals surface area contributed by atoms with Gasteiger partial charge in [0.1, 0.15) is 6.33 Å². The summed E-state index contributed by atoms with van der Waals surface area (Å²) in [6, 6.07) is 0.125. The number of morpholine rings is 1. The van der Waals surface area contributed by atoms with E-state index in [2.05, 4.69) is 35.8 Å². The Balaban J connectivity index is 1.87. The molecular weight excluding hydrogens is 280 g/mol. The molecule has 0 spiro atoms. The van der Waals surface area contributed by atoms with Gasteiger partial charge in [0.15, 0.2) is 0 Å². The highest BCUT2D eigenvalue weighted by atomic mass is 16.5. The number of hydrogen-bond acceptors (Lipinski definition) is 5. The van der Waals surface area contributed by atoms with E-state index in [0.29, 0.717) is 18.7 Å². The summed E-state index contributed by atoms with van der Waals surface area (Å²) in [5, 5.41) is 0. The van der Waals surface area contributed by atoms with Gasteiger partial charge in [-0.25, -0.2) is 9.97 Å². The van der Waals surface area contributed by atoms with Gasteiger partial charge in [0.25, 0.3) is 5.91 Å². The molecule has 1 amide bonds. The van der Waals surface area contributed by atoms with Crippen LogP contribution in [0.3, 0.4) is 0 Å². The first kappa shape index (κ1) is 15.4. The maximum Gasteiger partial charge on any atom is 0.257 e. The summed E-state index contributed by atoms with van der Waals surface area (Å²) in [5.41, 5.74) is 1.46. The summed E-state index contributed by atoms with van der Waals surface area (Å²) in [6.45, 7) is 7.24. The first-order valence-corrected chi connectivity index (χ1v) is 7.99. The van der Waals surface area contributed by atoms with E-state index in [9.17, 15) is 4.79 Å². The van der Waals surface area contributed by atoms with Crippen LogP contribution in [0, 0.1) is 0 Å². The third-order valence-corrected chi connectivity index (χ3v) is 4.57. The molecule has 2 atom stereocenters. The monoisotopic (exact) mass is 304 g/mol. The van der Waals surface area contributed by atoms with Crippen LogP contribution in [0.4, 0.5) is 0 Å². The van der Waals surface area contributed by atoms with Gasteiger partial charge in [-0.2, -0.15) is 0 Å². The van der Waals surface area contributed by atoms with Crippen molar-refractivity contribution in [2.75, 3.05) is 33.3 Å². The summed E-state index contributed by atoms with van der Waals surface area (Å²) in [5.74, 6) is 0.241. The van der Waals surface area contributed by atoms with Crippen LogP contribution in [0.1, 0.15) is 42.2 Å². The number of rotatable bonds is 2. The van der Waals surface area contributed by atoms with Crippen molar-refractivity contribution < 1.29 is 9.53 Å². The molecule has 0 bridgehead atoms. The highest BCUT2D eigenvalue weighted by Crippen LogP contribution is 2.25. The molecule has 6 nitrogen and oxygen atoms in total. The highest BCUT2D eigenvalue weighted by Gasteiger charge is 2.39. The zero-order chi connectivity index (χ0) is 15.7. The summed E-state index contributed by atoms with van der Waals surface area (Å²) >= 11 is 0. The number of amides is 1. The molecule has 0 unspecified atom stereocenters. The Morgan fingerprint density at radius 2 is 2.23 bits per heavy atom. The lowest BCUT2D eigenvalue weighted by atomic mass is 9.97. The molecule has 0 aliphatic carbocycles. The molecule has 2 aliphatic heterocycles. The van der Waals surface area contributed by atoms with Gasteiger partial charge >= 0.3 is 0 Å². The number of hydrogen-bond donors (Lipinski definition) is 0. The lowest BCUT2D eigenvalue weighted by Gasteiger charge is -2.46. The van der Waals surface area contributed by atoms with Crippen LogP contribution >= 0.6 is 0 Å². The predicted molar refractivity (Wildman–Crippen MR) is 82.8 cm³/mol. The van der Waals surface area contributed by atoms with Gasteiger partial charge in [-0.3, -0.25) is 4.79 Å². The smallest absolute Gasteiger partial charge is 0.257 e. The highest BCUT2D eigenvalue weighted by molar-refractivity contribution is 5.95. The summed E-state index contributed by atoms with van der Waals surface area (Å²) < 4.78 is 5.87. The molecule has 6 heteroatoms. The van der Waals surface area contributed by atoms with Crippen LogP contribution in [0.15, 0.2) is 12.5 Å². The fraction of sp³-hybridized carbons (Fsp3) is 0.688. The average molecular weight is 304 g/mol. The van der Waals surface area contributed by atoms with Gasteiger partial charge in [0, 0.05) is 25.8 Å². The molecule has 2 aliphatic rings. The zero-order valence-electron chi connectivity index (χ0n) is 13.5. The molecule has 0 N–H and O–H groups in total. The fourth-order valence-corrected chi connectivity index (χ4v) is 3.40. The first-order chi connectivity index (χ1) is 10.6. The predicted octanol–water partition coefficient (Wildman–Crippen LogP) is 1.15. The Morgan fingerprint density at radius 3 is 3.00 bits per heavy atom. The van der Waals surface area contributed by atoms with Crippen molar-refractivity contribution in [1.82, 2.24) is 19.8 Å². The minimum Gasteiger partial charge on any atom is -0.374 e. The number of aromatic nitrogens is 2. The van der Waals surface area contributed by atoms with Crippen molar-refractivity contribution in [3.63, 3.8) is 0 Å². The van der Waals surface area contributed by atoms with Crippen LogP contribution in [0.5, 0.6) is 0 Å².